The third kappa shape index (κ3) is 8.64. The maximum absolute atomic E-state index is 13.4. The van der Waals surface area contributed by atoms with E-state index in [9.17, 15) is 23.6 Å². The topological polar surface area (TPSA) is 130 Å². The van der Waals surface area contributed by atoms with Gasteiger partial charge in [-0.3, -0.25) is 19.2 Å². The molecule has 4 aromatic rings. The van der Waals surface area contributed by atoms with Gasteiger partial charge < -0.3 is 21.7 Å². The van der Waals surface area contributed by atoms with Crippen LogP contribution in [0.15, 0.2) is 114 Å². The number of nitrogens with one attached hydrogen (secondary N) is 3. The number of amides is 4. The highest BCUT2D eigenvalue weighted by molar-refractivity contribution is 8.00. The number of nitrogens with two attached hydrogens (primary N) is 1. The molecule has 0 unspecified atom stereocenters. The van der Waals surface area contributed by atoms with Crippen molar-refractivity contribution in [2.45, 2.75) is 4.90 Å². The van der Waals surface area contributed by atoms with E-state index in [0.29, 0.717) is 28.1 Å². The summed E-state index contributed by atoms with van der Waals surface area (Å²) in [6.07, 6.45) is 1.45. The molecule has 41 heavy (non-hydrogen) atoms. The predicted octanol–water partition coefficient (Wildman–Crippen LogP) is 5.07. The first-order chi connectivity index (χ1) is 19.8. The van der Waals surface area contributed by atoms with Gasteiger partial charge in [-0.25, -0.2) is 4.39 Å². The lowest BCUT2D eigenvalue weighted by Crippen LogP contribution is -2.30. The van der Waals surface area contributed by atoms with Gasteiger partial charge in [-0.2, -0.15) is 0 Å². The number of anilines is 2. The fourth-order valence-corrected chi connectivity index (χ4v) is 4.35. The van der Waals surface area contributed by atoms with Gasteiger partial charge in [0.05, 0.1) is 5.75 Å². The number of halogens is 1. The van der Waals surface area contributed by atoms with Crippen molar-refractivity contribution >= 4 is 52.8 Å². The average Bonchev–Trinajstić information content (AvgIpc) is 2.97. The Balaban J connectivity index is 1.42. The van der Waals surface area contributed by atoms with Crippen LogP contribution in [-0.2, 0) is 9.59 Å². The number of carbonyl (C=O) groups is 4. The Morgan fingerprint density at radius 1 is 0.756 bits per heavy atom. The van der Waals surface area contributed by atoms with E-state index in [4.69, 9.17) is 5.73 Å². The lowest BCUT2D eigenvalue weighted by molar-refractivity contribution is -0.114. The summed E-state index contributed by atoms with van der Waals surface area (Å²) in [6.45, 7) is 0. The quantitative estimate of drug-likeness (QED) is 0.157. The molecule has 206 valence electrons. The summed E-state index contributed by atoms with van der Waals surface area (Å²) in [5, 5.41) is 8.15. The Bertz CT molecular complexity index is 1590. The number of primary amides is 1. The molecular formula is C31H25FN4O4S. The van der Waals surface area contributed by atoms with Gasteiger partial charge in [0.25, 0.3) is 11.8 Å². The van der Waals surface area contributed by atoms with Crippen LogP contribution in [0, 0.1) is 5.82 Å². The molecule has 0 aliphatic rings. The van der Waals surface area contributed by atoms with E-state index in [-0.39, 0.29) is 17.4 Å². The fraction of sp³-hybridized carbons (Fsp3) is 0.0323. The Labute approximate surface area is 239 Å². The van der Waals surface area contributed by atoms with Crippen molar-refractivity contribution in [1.29, 1.82) is 0 Å². The van der Waals surface area contributed by atoms with Crippen molar-refractivity contribution in [2.24, 2.45) is 5.73 Å². The summed E-state index contributed by atoms with van der Waals surface area (Å²) in [4.78, 5) is 50.3. The van der Waals surface area contributed by atoms with Gasteiger partial charge in [-0.05, 0) is 78.4 Å². The predicted molar refractivity (Wildman–Crippen MR) is 158 cm³/mol. The molecule has 0 spiro atoms. The van der Waals surface area contributed by atoms with Crippen LogP contribution < -0.4 is 21.7 Å². The highest BCUT2D eigenvalue weighted by Crippen LogP contribution is 2.23. The Morgan fingerprint density at radius 2 is 1.46 bits per heavy atom. The van der Waals surface area contributed by atoms with Crippen LogP contribution in [-0.4, -0.2) is 29.4 Å². The zero-order valence-electron chi connectivity index (χ0n) is 21.6. The highest BCUT2D eigenvalue weighted by Gasteiger charge is 2.15. The molecule has 4 amide bonds. The number of hydrogen-bond donors (Lipinski definition) is 4. The van der Waals surface area contributed by atoms with Crippen LogP contribution in [0.4, 0.5) is 15.8 Å². The van der Waals surface area contributed by atoms with E-state index in [1.807, 2.05) is 0 Å². The van der Waals surface area contributed by atoms with E-state index >= 15 is 0 Å². The Hall–Kier alpha value is -5.22. The summed E-state index contributed by atoms with van der Waals surface area (Å²) in [7, 11) is 0. The zero-order chi connectivity index (χ0) is 29.2. The molecule has 8 nitrogen and oxygen atoms in total. The average molecular weight is 569 g/mol. The SMILES string of the molecule is NC(=O)c1ccc(NC(=O)CSc2cccc(NC(=O)/C(=C/c3ccc(F)cc3)NC(=O)c3ccccc3)c2)cc1. The van der Waals surface area contributed by atoms with Crippen molar-refractivity contribution in [2.75, 3.05) is 16.4 Å². The second kappa shape index (κ2) is 13.7. The largest absolute Gasteiger partial charge is 0.366 e. The molecule has 4 rings (SSSR count). The number of hydrogen-bond acceptors (Lipinski definition) is 5. The van der Waals surface area contributed by atoms with E-state index in [0.717, 1.165) is 4.90 Å². The van der Waals surface area contributed by atoms with Crippen LogP contribution in [0.5, 0.6) is 0 Å². The lowest BCUT2D eigenvalue weighted by atomic mass is 10.1. The molecule has 0 aliphatic carbocycles. The minimum Gasteiger partial charge on any atom is -0.366 e. The van der Waals surface area contributed by atoms with Gasteiger partial charge in [-0.1, -0.05) is 36.4 Å². The molecule has 4 aromatic carbocycles. The lowest BCUT2D eigenvalue weighted by Gasteiger charge is -2.12. The van der Waals surface area contributed by atoms with Crippen LogP contribution in [0.1, 0.15) is 26.3 Å². The summed E-state index contributed by atoms with van der Waals surface area (Å²) < 4.78 is 13.4. The van der Waals surface area contributed by atoms with Gasteiger partial charge in [0.2, 0.25) is 11.8 Å². The van der Waals surface area contributed by atoms with E-state index < -0.39 is 23.5 Å². The summed E-state index contributed by atoms with van der Waals surface area (Å²) >= 11 is 1.26. The second-order valence-corrected chi connectivity index (χ2v) is 9.74. The number of rotatable bonds is 10. The summed E-state index contributed by atoms with van der Waals surface area (Å²) in [5.41, 5.74) is 7.39. The molecule has 0 aromatic heterocycles. The molecule has 10 heteroatoms. The maximum Gasteiger partial charge on any atom is 0.272 e. The molecule has 5 N–H and O–H groups in total. The Kier molecular flexibility index (Phi) is 9.63. The monoisotopic (exact) mass is 568 g/mol. The first-order valence-electron chi connectivity index (χ1n) is 12.3. The van der Waals surface area contributed by atoms with Crippen LogP contribution in [0.25, 0.3) is 6.08 Å². The fourth-order valence-electron chi connectivity index (χ4n) is 3.59. The maximum atomic E-state index is 13.4. The first kappa shape index (κ1) is 28.8. The smallest absolute Gasteiger partial charge is 0.272 e. The van der Waals surface area contributed by atoms with Gasteiger partial charge in [0.1, 0.15) is 11.5 Å². The minimum atomic E-state index is -0.585. The van der Waals surface area contributed by atoms with Gasteiger partial charge in [0.15, 0.2) is 0 Å². The molecule has 0 aliphatic heterocycles. The normalized spacial score (nSPS) is 10.9. The highest BCUT2D eigenvalue weighted by atomic mass is 32.2. The molecule has 0 radical (unpaired) electrons. The number of thioether (sulfide) groups is 1. The molecule has 0 fully saturated rings. The number of benzene rings is 4. The van der Waals surface area contributed by atoms with Crippen molar-refractivity contribution in [1.82, 2.24) is 5.32 Å². The molecule has 0 bridgehead atoms. The van der Waals surface area contributed by atoms with Crippen LogP contribution in [0.3, 0.4) is 0 Å². The zero-order valence-corrected chi connectivity index (χ0v) is 22.4. The summed E-state index contributed by atoms with van der Waals surface area (Å²) in [6, 6.07) is 27.1. The van der Waals surface area contributed by atoms with Crippen LogP contribution >= 0.6 is 11.8 Å². The van der Waals surface area contributed by atoms with Crippen LogP contribution in [0.2, 0.25) is 0 Å². The Morgan fingerprint density at radius 3 is 2.15 bits per heavy atom. The molecule has 0 atom stereocenters. The first-order valence-corrected chi connectivity index (χ1v) is 13.3. The number of carbonyl (C=O) groups excluding carboxylic acids is 4. The molecule has 0 saturated heterocycles. The summed E-state index contributed by atoms with van der Waals surface area (Å²) in [5.74, 6) is -2.21. The molecule has 0 heterocycles. The van der Waals surface area contributed by atoms with E-state index in [2.05, 4.69) is 16.0 Å². The van der Waals surface area contributed by atoms with E-state index in [1.165, 1.54) is 54.2 Å². The van der Waals surface area contributed by atoms with Crippen molar-refractivity contribution in [3.05, 3.63) is 131 Å². The third-order valence-corrected chi connectivity index (χ3v) is 6.62. The van der Waals surface area contributed by atoms with Crippen molar-refractivity contribution in [3.8, 4) is 0 Å². The third-order valence-electron chi connectivity index (χ3n) is 5.62. The molecule has 0 saturated carbocycles. The van der Waals surface area contributed by atoms with Crippen molar-refractivity contribution in [3.63, 3.8) is 0 Å². The molecular weight excluding hydrogens is 543 g/mol. The van der Waals surface area contributed by atoms with E-state index in [1.54, 1.807) is 66.7 Å². The van der Waals surface area contributed by atoms with Gasteiger partial charge in [-0.15, -0.1) is 11.8 Å². The minimum absolute atomic E-state index is 0.0368. The van der Waals surface area contributed by atoms with Crippen molar-refractivity contribution < 1.29 is 23.6 Å². The standard InChI is InChI=1S/C31H25FN4O4S/c32-23-13-9-20(10-14-23)17-27(36-30(39)22-5-2-1-3-6-22)31(40)35-25-7-4-8-26(18-25)41-19-28(37)34-24-15-11-21(12-16-24)29(33)38/h1-18H,19H2,(H2,33,38)(H,34,37)(H,35,40)(H,36,39)/b27-17-. The van der Waals surface area contributed by atoms with Gasteiger partial charge in [0, 0.05) is 27.4 Å². The second-order valence-electron chi connectivity index (χ2n) is 8.69. The van der Waals surface area contributed by atoms with Gasteiger partial charge >= 0.3 is 0 Å².